The minimum absolute atomic E-state index is 0.0508. The standard InChI is InChI=1S/C13H15NO2S/c1-9(15)10-3-2-4-12(7-10)17-8-13(16)14-11-5-6-11/h2-4,7,11H,5-6,8H2,1H3,(H,14,16). The number of carbonyl (C=O) groups is 2. The lowest BCUT2D eigenvalue weighted by atomic mass is 10.2. The van der Waals surface area contributed by atoms with E-state index in [9.17, 15) is 9.59 Å². The topological polar surface area (TPSA) is 46.2 Å². The van der Waals surface area contributed by atoms with Crippen molar-refractivity contribution in [1.82, 2.24) is 5.32 Å². The molecule has 0 heterocycles. The lowest BCUT2D eigenvalue weighted by molar-refractivity contribution is -0.118. The second-order valence-corrected chi connectivity index (χ2v) is 5.26. The smallest absolute Gasteiger partial charge is 0.230 e. The molecule has 1 N–H and O–H groups in total. The number of hydrogen-bond donors (Lipinski definition) is 1. The van der Waals surface area contributed by atoms with E-state index in [0.717, 1.165) is 17.7 Å². The molecule has 1 saturated carbocycles. The average Bonchev–Trinajstić information content (AvgIpc) is 3.11. The molecule has 0 aromatic heterocycles. The van der Waals surface area contributed by atoms with Crippen molar-refractivity contribution in [2.45, 2.75) is 30.7 Å². The van der Waals surface area contributed by atoms with Crippen LogP contribution in [0.2, 0.25) is 0 Å². The van der Waals surface area contributed by atoms with E-state index < -0.39 is 0 Å². The molecule has 0 atom stereocenters. The van der Waals surface area contributed by atoms with Gasteiger partial charge in [-0.15, -0.1) is 11.8 Å². The quantitative estimate of drug-likeness (QED) is 0.643. The fourth-order valence-corrected chi connectivity index (χ4v) is 2.22. The van der Waals surface area contributed by atoms with Crippen LogP contribution in [0.1, 0.15) is 30.1 Å². The molecule has 17 heavy (non-hydrogen) atoms. The number of rotatable bonds is 5. The molecule has 0 unspecified atom stereocenters. The Morgan fingerprint density at radius 1 is 1.41 bits per heavy atom. The first-order valence-electron chi connectivity index (χ1n) is 5.68. The number of amides is 1. The van der Waals surface area contributed by atoms with Crippen LogP contribution in [0.5, 0.6) is 0 Å². The summed E-state index contributed by atoms with van der Waals surface area (Å²) in [7, 11) is 0. The second kappa shape index (κ2) is 5.36. The Bertz CT molecular complexity index is 441. The summed E-state index contributed by atoms with van der Waals surface area (Å²) >= 11 is 1.47. The predicted molar refractivity (Wildman–Crippen MR) is 68.3 cm³/mol. The van der Waals surface area contributed by atoms with Crippen LogP contribution in [0.25, 0.3) is 0 Å². The van der Waals surface area contributed by atoms with Crippen LogP contribution < -0.4 is 5.32 Å². The average molecular weight is 249 g/mol. The van der Waals surface area contributed by atoms with E-state index in [1.807, 2.05) is 18.2 Å². The first-order valence-corrected chi connectivity index (χ1v) is 6.67. The first-order chi connectivity index (χ1) is 8.15. The number of carbonyl (C=O) groups excluding carboxylic acids is 2. The summed E-state index contributed by atoms with van der Waals surface area (Å²) in [6.07, 6.45) is 2.21. The normalized spacial score (nSPS) is 14.4. The van der Waals surface area contributed by atoms with E-state index in [0.29, 0.717) is 17.4 Å². The minimum Gasteiger partial charge on any atom is -0.353 e. The molecule has 3 nitrogen and oxygen atoms in total. The Morgan fingerprint density at radius 3 is 2.82 bits per heavy atom. The van der Waals surface area contributed by atoms with Gasteiger partial charge in [-0.1, -0.05) is 12.1 Å². The van der Waals surface area contributed by atoms with Gasteiger partial charge in [0.2, 0.25) is 5.91 Å². The van der Waals surface area contributed by atoms with Gasteiger partial charge in [-0.05, 0) is 31.9 Å². The van der Waals surface area contributed by atoms with Crippen LogP contribution >= 0.6 is 11.8 Å². The third kappa shape index (κ3) is 3.89. The Hall–Kier alpha value is -1.29. The summed E-state index contributed by atoms with van der Waals surface area (Å²) < 4.78 is 0. The highest BCUT2D eigenvalue weighted by Gasteiger charge is 2.22. The van der Waals surface area contributed by atoms with Crippen LogP contribution in [0.3, 0.4) is 0 Å². The number of ketones is 1. The molecule has 1 aromatic rings. The number of Topliss-reactive ketones (excluding diaryl/α,β-unsaturated/α-hetero) is 1. The van der Waals surface area contributed by atoms with Gasteiger partial charge in [-0.25, -0.2) is 0 Å². The van der Waals surface area contributed by atoms with E-state index in [1.165, 1.54) is 11.8 Å². The van der Waals surface area contributed by atoms with E-state index in [4.69, 9.17) is 0 Å². The van der Waals surface area contributed by atoms with Gasteiger partial charge in [0.1, 0.15) is 0 Å². The minimum atomic E-state index is 0.0508. The van der Waals surface area contributed by atoms with Crippen molar-refractivity contribution in [1.29, 1.82) is 0 Å². The Balaban J connectivity index is 1.87. The maximum atomic E-state index is 11.5. The molecule has 0 radical (unpaired) electrons. The highest BCUT2D eigenvalue weighted by molar-refractivity contribution is 8.00. The van der Waals surface area contributed by atoms with Gasteiger partial charge in [-0.2, -0.15) is 0 Å². The van der Waals surface area contributed by atoms with Crippen molar-refractivity contribution in [3.8, 4) is 0 Å². The maximum Gasteiger partial charge on any atom is 0.230 e. The number of benzene rings is 1. The van der Waals surface area contributed by atoms with Crippen LogP contribution in [0.4, 0.5) is 0 Å². The molecule has 1 aliphatic rings. The monoisotopic (exact) mass is 249 g/mol. The summed E-state index contributed by atoms with van der Waals surface area (Å²) in [5.41, 5.74) is 0.692. The van der Waals surface area contributed by atoms with E-state index in [-0.39, 0.29) is 11.7 Å². The third-order valence-corrected chi connectivity index (χ3v) is 3.55. The van der Waals surface area contributed by atoms with Gasteiger partial charge in [-0.3, -0.25) is 9.59 Å². The third-order valence-electron chi connectivity index (χ3n) is 2.55. The number of thioether (sulfide) groups is 1. The van der Waals surface area contributed by atoms with Crippen LogP contribution in [0.15, 0.2) is 29.2 Å². The second-order valence-electron chi connectivity index (χ2n) is 4.21. The molecule has 0 bridgehead atoms. The van der Waals surface area contributed by atoms with Crippen molar-refractivity contribution < 1.29 is 9.59 Å². The van der Waals surface area contributed by atoms with Gasteiger partial charge in [0, 0.05) is 16.5 Å². The SMILES string of the molecule is CC(=O)c1cccc(SCC(=O)NC2CC2)c1. The summed E-state index contributed by atoms with van der Waals surface area (Å²) in [5.74, 6) is 0.540. The molecule has 0 aliphatic heterocycles. The Kier molecular flexibility index (Phi) is 3.84. The lowest BCUT2D eigenvalue weighted by Gasteiger charge is -2.04. The van der Waals surface area contributed by atoms with Gasteiger partial charge in [0.25, 0.3) is 0 Å². The lowest BCUT2D eigenvalue weighted by Crippen LogP contribution is -2.26. The molecule has 1 fully saturated rings. The van der Waals surface area contributed by atoms with Gasteiger partial charge < -0.3 is 5.32 Å². The zero-order valence-electron chi connectivity index (χ0n) is 9.73. The molecule has 90 valence electrons. The van der Waals surface area contributed by atoms with Crippen LogP contribution in [0, 0.1) is 0 Å². The van der Waals surface area contributed by atoms with E-state index in [2.05, 4.69) is 5.32 Å². The van der Waals surface area contributed by atoms with Crippen molar-refractivity contribution in [3.63, 3.8) is 0 Å². The van der Waals surface area contributed by atoms with Crippen molar-refractivity contribution in [2.75, 3.05) is 5.75 Å². The van der Waals surface area contributed by atoms with Crippen molar-refractivity contribution >= 4 is 23.5 Å². The summed E-state index contributed by atoms with van der Waals surface area (Å²) in [5, 5.41) is 2.93. The Labute approximate surface area is 105 Å². The highest BCUT2D eigenvalue weighted by Crippen LogP contribution is 2.21. The molecule has 1 aromatic carbocycles. The van der Waals surface area contributed by atoms with Gasteiger partial charge in [0.15, 0.2) is 5.78 Å². The fraction of sp³-hybridized carbons (Fsp3) is 0.385. The molecule has 2 rings (SSSR count). The predicted octanol–water partition coefficient (Wildman–Crippen LogP) is 2.26. The largest absolute Gasteiger partial charge is 0.353 e. The van der Waals surface area contributed by atoms with Crippen LogP contribution in [-0.4, -0.2) is 23.5 Å². The number of hydrogen-bond acceptors (Lipinski definition) is 3. The van der Waals surface area contributed by atoms with Gasteiger partial charge >= 0.3 is 0 Å². The van der Waals surface area contributed by atoms with Crippen LogP contribution in [-0.2, 0) is 4.79 Å². The highest BCUT2D eigenvalue weighted by atomic mass is 32.2. The summed E-state index contributed by atoms with van der Waals surface area (Å²) in [6.45, 7) is 1.55. The van der Waals surface area contributed by atoms with E-state index in [1.54, 1.807) is 13.0 Å². The summed E-state index contributed by atoms with van der Waals surface area (Å²) in [6, 6.07) is 7.79. The summed E-state index contributed by atoms with van der Waals surface area (Å²) in [4.78, 5) is 23.6. The van der Waals surface area contributed by atoms with E-state index >= 15 is 0 Å². The van der Waals surface area contributed by atoms with Crippen molar-refractivity contribution in [3.05, 3.63) is 29.8 Å². The first kappa shape index (κ1) is 12.2. The Morgan fingerprint density at radius 2 is 2.18 bits per heavy atom. The molecular formula is C13H15NO2S. The molecule has 1 amide bonds. The molecule has 1 aliphatic carbocycles. The zero-order chi connectivity index (χ0) is 12.3. The number of nitrogens with one attached hydrogen (secondary N) is 1. The zero-order valence-corrected chi connectivity index (χ0v) is 10.5. The maximum absolute atomic E-state index is 11.5. The molecule has 4 heteroatoms. The molecule has 0 saturated heterocycles. The fourth-order valence-electron chi connectivity index (χ4n) is 1.45. The van der Waals surface area contributed by atoms with Crippen molar-refractivity contribution in [2.24, 2.45) is 0 Å². The molecule has 0 spiro atoms. The van der Waals surface area contributed by atoms with Gasteiger partial charge in [0.05, 0.1) is 5.75 Å². The molecular weight excluding hydrogens is 234 g/mol.